The van der Waals surface area contributed by atoms with Gasteiger partial charge in [0.15, 0.2) is 0 Å². The van der Waals surface area contributed by atoms with Gasteiger partial charge in [-0.1, -0.05) is 23.4 Å². The van der Waals surface area contributed by atoms with Crippen molar-refractivity contribution in [3.05, 3.63) is 58.4 Å². The van der Waals surface area contributed by atoms with Gasteiger partial charge < -0.3 is 9.84 Å². The Hall–Kier alpha value is -3.07. The molecule has 1 aliphatic rings. The molecule has 1 aliphatic heterocycles. The number of hydrogen-bond acceptors (Lipinski definition) is 6. The van der Waals surface area contributed by atoms with Crippen molar-refractivity contribution in [2.24, 2.45) is 0 Å². The molecule has 0 aliphatic carbocycles. The van der Waals surface area contributed by atoms with E-state index in [2.05, 4.69) is 15.5 Å². The van der Waals surface area contributed by atoms with E-state index in [-0.39, 0.29) is 18.0 Å². The lowest BCUT2D eigenvalue weighted by Crippen LogP contribution is -2.41. The van der Waals surface area contributed by atoms with E-state index in [4.69, 9.17) is 4.52 Å². The number of aromatic nitrogens is 2. The summed E-state index contributed by atoms with van der Waals surface area (Å²) in [4.78, 5) is 30.3. The van der Waals surface area contributed by atoms with Gasteiger partial charge >= 0.3 is 6.03 Å². The van der Waals surface area contributed by atoms with Crippen LogP contribution in [0.1, 0.15) is 18.4 Å². The number of carbonyl (C=O) groups is 2. The van der Waals surface area contributed by atoms with Crippen molar-refractivity contribution in [2.45, 2.75) is 19.0 Å². The van der Waals surface area contributed by atoms with Crippen LogP contribution >= 0.6 is 11.3 Å². The van der Waals surface area contributed by atoms with Gasteiger partial charge in [0.1, 0.15) is 17.9 Å². The number of benzene rings is 1. The van der Waals surface area contributed by atoms with Crippen molar-refractivity contribution in [1.82, 2.24) is 20.4 Å². The Morgan fingerprint density at radius 2 is 2.12 bits per heavy atom. The van der Waals surface area contributed by atoms with E-state index in [0.717, 1.165) is 10.5 Å². The molecular weight excluding hydrogens is 359 g/mol. The van der Waals surface area contributed by atoms with Gasteiger partial charge in [0.05, 0.1) is 0 Å². The third-order valence-electron chi connectivity index (χ3n) is 4.23. The topological polar surface area (TPSA) is 88.3 Å². The fraction of sp³-hybridized carbons (Fsp3) is 0.176. The normalized spacial score (nSPS) is 19.8. The van der Waals surface area contributed by atoms with Gasteiger partial charge in [-0.15, -0.1) is 0 Å². The molecule has 1 saturated heterocycles. The smallest absolute Gasteiger partial charge is 0.325 e. The number of nitrogens with one attached hydrogen (secondary N) is 1. The number of urea groups is 1. The molecule has 1 aromatic carbocycles. The maximum atomic E-state index is 14.1. The number of rotatable bonds is 4. The molecule has 1 atom stereocenters. The fourth-order valence-corrected chi connectivity index (χ4v) is 3.49. The molecule has 9 heteroatoms. The Morgan fingerprint density at radius 3 is 2.85 bits per heavy atom. The average Bonchev–Trinajstić information content (AvgIpc) is 3.33. The molecule has 0 saturated carbocycles. The minimum absolute atomic E-state index is 0.102. The highest BCUT2D eigenvalue weighted by Gasteiger charge is 2.50. The third kappa shape index (κ3) is 2.57. The van der Waals surface area contributed by atoms with Crippen molar-refractivity contribution in [1.29, 1.82) is 0 Å². The van der Waals surface area contributed by atoms with Crippen LogP contribution in [-0.4, -0.2) is 27.0 Å². The van der Waals surface area contributed by atoms with Crippen molar-refractivity contribution >= 4 is 23.3 Å². The van der Waals surface area contributed by atoms with Crippen molar-refractivity contribution in [3.8, 4) is 11.4 Å². The molecule has 3 heterocycles. The second-order valence-electron chi connectivity index (χ2n) is 5.95. The summed E-state index contributed by atoms with van der Waals surface area (Å²) < 4.78 is 19.3. The Bertz CT molecular complexity index is 988. The van der Waals surface area contributed by atoms with Gasteiger partial charge in [-0.05, 0) is 24.4 Å². The maximum Gasteiger partial charge on any atom is 0.325 e. The van der Waals surface area contributed by atoms with E-state index in [0.29, 0.717) is 5.82 Å². The summed E-state index contributed by atoms with van der Waals surface area (Å²) in [7, 11) is 0. The van der Waals surface area contributed by atoms with Gasteiger partial charge in [-0.25, -0.2) is 9.18 Å². The first-order valence-electron chi connectivity index (χ1n) is 7.73. The lowest BCUT2D eigenvalue weighted by atomic mass is 9.91. The Kier molecular flexibility index (Phi) is 3.80. The van der Waals surface area contributed by atoms with Gasteiger partial charge in [0.2, 0.25) is 11.7 Å². The first kappa shape index (κ1) is 16.4. The zero-order valence-electron chi connectivity index (χ0n) is 13.6. The van der Waals surface area contributed by atoms with E-state index in [1.165, 1.54) is 36.5 Å². The lowest BCUT2D eigenvalue weighted by Gasteiger charge is -2.22. The molecule has 0 bridgehead atoms. The first-order chi connectivity index (χ1) is 12.5. The summed E-state index contributed by atoms with van der Waals surface area (Å²) in [5.74, 6) is -0.649. The molecule has 0 unspecified atom stereocenters. The van der Waals surface area contributed by atoms with Crippen LogP contribution in [0, 0.1) is 5.82 Å². The van der Waals surface area contributed by atoms with Crippen LogP contribution in [0.25, 0.3) is 11.4 Å². The zero-order chi connectivity index (χ0) is 18.3. The van der Waals surface area contributed by atoms with E-state index in [1.54, 1.807) is 6.07 Å². The maximum absolute atomic E-state index is 14.1. The summed E-state index contributed by atoms with van der Waals surface area (Å²) in [5, 5.41) is 10.1. The zero-order valence-corrected chi connectivity index (χ0v) is 14.4. The molecule has 3 amide bonds. The van der Waals surface area contributed by atoms with E-state index in [1.807, 2.05) is 16.8 Å². The summed E-state index contributed by atoms with van der Waals surface area (Å²) >= 11 is 1.49. The monoisotopic (exact) mass is 372 g/mol. The molecule has 132 valence electrons. The number of carbonyl (C=O) groups excluding carboxylic acids is 2. The van der Waals surface area contributed by atoms with Crippen LogP contribution in [0.2, 0.25) is 0 Å². The second kappa shape index (κ2) is 6.03. The van der Waals surface area contributed by atoms with Crippen molar-refractivity contribution < 1.29 is 18.5 Å². The lowest BCUT2D eigenvalue weighted by molar-refractivity contribution is -0.131. The molecule has 0 spiro atoms. The predicted octanol–water partition coefficient (Wildman–Crippen LogP) is 2.90. The summed E-state index contributed by atoms with van der Waals surface area (Å²) in [6.45, 7) is 1.28. The second-order valence-corrected chi connectivity index (χ2v) is 6.73. The van der Waals surface area contributed by atoms with E-state index >= 15 is 0 Å². The van der Waals surface area contributed by atoms with Crippen LogP contribution in [0.5, 0.6) is 0 Å². The number of nitrogens with zero attached hydrogens (tertiary/aromatic N) is 3. The minimum atomic E-state index is -1.49. The fourth-order valence-electron chi connectivity index (χ4n) is 2.85. The number of halogens is 1. The highest BCUT2D eigenvalue weighted by molar-refractivity contribution is 7.08. The molecule has 0 radical (unpaired) electrons. The average molecular weight is 372 g/mol. The van der Waals surface area contributed by atoms with Crippen molar-refractivity contribution in [3.63, 3.8) is 0 Å². The van der Waals surface area contributed by atoms with Crippen LogP contribution in [0.15, 0.2) is 45.6 Å². The summed E-state index contributed by atoms with van der Waals surface area (Å²) in [5.41, 5.74) is -0.595. The summed E-state index contributed by atoms with van der Waals surface area (Å²) in [6.07, 6.45) is 0. The van der Waals surface area contributed by atoms with Crippen LogP contribution in [0.3, 0.4) is 0 Å². The van der Waals surface area contributed by atoms with Gasteiger partial charge in [0.25, 0.3) is 5.91 Å². The molecule has 26 heavy (non-hydrogen) atoms. The van der Waals surface area contributed by atoms with Gasteiger partial charge in [-0.2, -0.15) is 16.3 Å². The number of thiophene rings is 1. The molecule has 4 rings (SSSR count). The number of amides is 3. The highest BCUT2D eigenvalue weighted by Crippen LogP contribution is 2.31. The molecule has 7 nitrogen and oxygen atoms in total. The van der Waals surface area contributed by atoms with Crippen LogP contribution in [-0.2, 0) is 16.9 Å². The highest BCUT2D eigenvalue weighted by atomic mass is 32.1. The summed E-state index contributed by atoms with van der Waals surface area (Å²) in [6, 6.07) is 7.03. The Labute approximate surface area is 151 Å². The van der Waals surface area contributed by atoms with Crippen LogP contribution < -0.4 is 5.32 Å². The standard InChI is InChI=1S/C17H13FN4O3S/c1-17(11-4-2-3-5-12(11)18)15(23)22(16(24)20-17)8-13-19-14(21-25-13)10-6-7-26-9-10/h2-7,9H,8H2,1H3,(H,20,24)/t17-/m0/s1. The van der Waals surface area contributed by atoms with Crippen molar-refractivity contribution in [2.75, 3.05) is 0 Å². The molecule has 3 aromatic rings. The van der Waals surface area contributed by atoms with E-state index in [9.17, 15) is 14.0 Å². The largest absolute Gasteiger partial charge is 0.337 e. The number of hydrogen-bond donors (Lipinski definition) is 1. The molecular formula is C17H13FN4O3S. The third-order valence-corrected chi connectivity index (χ3v) is 4.91. The minimum Gasteiger partial charge on any atom is -0.337 e. The predicted molar refractivity (Wildman–Crippen MR) is 90.4 cm³/mol. The molecule has 2 aromatic heterocycles. The van der Waals surface area contributed by atoms with Crippen LogP contribution in [0.4, 0.5) is 9.18 Å². The molecule has 1 N–H and O–H groups in total. The quantitative estimate of drug-likeness (QED) is 0.712. The van der Waals surface area contributed by atoms with Gasteiger partial charge in [-0.3, -0.25) is 9.69 Å². The number of imide groups is 1. The molecule has 1 fully saturated rings. The Balaban J connectivity index is 1.60. The Morgan fingerprint density at radius 1 is 1.31 bits per heavy atom. The first-order valence-corrected chi connectivity index (χ1v) is 8.67. The van der Waals surface area contributed by atoms with Gasteiger partial charge in [0, 0.05) is 16.5 Å². The van der Waals surface area contributed by atoms with E-state index < -0.39 is 23.3 Å². The SMILES string of the molecule is C[C@@]1(c2ccccc2F)NC(=O)N(Cc2nc(-c3ccsc3)no2)C1=O.